The van der Waals surface area contributed by atoms with Crippen LogP contribution in [0.1, 0.15) is 28.2 Å². The van der Waals surface area contributed by atoms with Crippen molar-refractivity contribution >= 4 is 44.8 Å². The van der Waals surface area contributed by atoms with Gasteiger partial charge in [0, 0.05) is 11.4 Å². The monoisotopic (exact) mass is 388 g/mol. The van der Waals surface area contributed by atoms with Crippen LogP contribution in [0.4, 0.5) is 0 Å². The van der Waals surface area contributed by atoms with Gasteiger partial charge in [0.1, 0.15) is 10.7 Å². The minimum absolute atomic E-state index is 0.0246. The normalized spacial score (nSPS) is 15.0. The summed E-state index contributed by atoms with van der Waals surface area (Å²) in [5, 5.41) is 10.8. The lowest BCUT2D eigenvalue weighted by Gasteiger charge is -2.07. The molecule has 5 nitrogen and oxygen atoms in total. The number of methoxy groups -OCH3 is 1. The fourth-order valence-corrected chi connectivity index (χ4v) is 4.53. The average molecular weight is 389 g/mol. The van der Waals surface area contributed by atoms with Crippen LogP contribution in [0.3, 0.4) is 0 Å². The third kappa shape index (κ3) is 2.52. The molecule has 3 aromatic rings. The highest BCUT2D eigenvalue weighted by atomic mass is 35.5. The molecule has 0 amide bonds. The molecule has 0 unspecified atom stereocenters. The second kappa shape index (κ2) is 6.14. The van der Waals surface area contributed by atoms with Gasteiger partial charge in [0.05, 0.1) is 17.5 Å². The summed E-state index contributed by atoms with van der Waals surface area (Å²) in [5.41, 5.74) is 2.80. The first-order valence-electron chi connectivity index (χ1n) is 8.18. The van der Waals surface area contributed by atoms with Crippen molar-refractivity contribution in [2.75, 3.05) is 7.11 Å². The number of fused-ring (bicyclic) bond motifs is 2. The van der Waals surface area contributed by atoms with Gasteiger partial charge in [-0.15, -0.1) is 11.3 Å². The Morgan fingerprint density at radius 2 is 2.15 bits per heavy atom. The van der Waals surface area contributed by atoms with E-state index in [9.17, 15) is 9.90 Å². The van der Waals surface area contributed by atoms with E-state index in [0.717, 1.165) is 38.2 Å². The molecule has 0 fully saturated rings. The number of thiophene rings is 1. The van der Waals surface area contributed by atoms with Gasteiger partial charge in [-0.25, -0.2) is 4.98 Å². The van der Waals surface area contributed by atoms with E-state index in [1.54, 1.807) is 28.0 Å². The topological polar surface area (TPSA) is 64.4 Å². The van der Waals surface area contributed by atoms with Crippen molar-refractivity contribution in [1.82, 2.24) is 9.55 Å². The number of allylic oxidation sites excluding steroid dienone is 1. The van der Waals surface area contributed by atoms with Gasteiger partial charge < -0.3 is 9.84 Å². The molecule has 1 aliphatic heterocycles. The highest BCUT2D eigenvalue weighted by molar-refractivity contribution is 7.18. The van der Waals surface area contributed by atoms with Crippen molar-refractivity contribution in [1.29, 1.82) is 0 Å². The van der Waals surface area contributed by atoms with E-state index < -0.39 is 0 Å². The zero-order chi connectivity index (χ0) is 18.6. The summed E-state index contributed by atoms with van der Waals surface area (Å²) < 4.78 is 6.90. The standard InChI is InChI=1S/C19H17ClN2O3S/c1-9-10(2)26-18-15(9)19(24)22-5-4-12(17(22)21-18)6-11-7-13(20)16(23)14(8-11)25-3/h6-8,23H,4-5H2,1-3H3/b12-6+. The predicted octanol–water partition coefficient (Wildman–Crippen LogP) is 4.39. The summed E-state index contributed by atoms with van der Waals surface area (Å²) in [6, 6.07) is 3.39. The van der Waals surface area contributed by atoms with E-state index in [-0.39, 0.29) is 16.3 Å². The van der Waals surface area contributed by atoms with Crippen LogP contribution in [0, 0.1) is 13.8 Å². The van der Waals surface area contributed by atoms with Crippen molar-refractivity contribution < 1.29 is 9.84 Å². The number of ether oxygens (including phenoxy) is 1. The Morgan fingerprint density at radius 3 is 2.88 bits per heavy atom. The largest absolute Gasteiger partial charge is 0.503 e. The minimum atomic E-state index is -0.0799. The maximum absolute atomic E-state index is 12.9. The summed E-state index contributed by atoms with van der Waals surface area (Å²) in [6.45, 7) is 4.60. The van der Waals surface area contributed by atoms with Crippen LogP contribution < -0.4 is 10.3 Å². The fourth-order valence-electron chi connectivity index (χ4n) is 3.29. The number of phenolic OH excluding ortho intramolecular Hbond substituents is 1. The molecular weight excluding hydrogens is 372 g/mol. The van der Waals surface area contributed by atoms with E-state index in [1.807, 2.05) is 19.9 Å². The number of hydrogen-bond donors (Lipinski definition) is 1. The molecule has 7 heteroatoms. The molecule has 0 saturated carbocycles. The summed E-state index contributed by atoms with van der Waals surface area (Å²) >= 11 is 7.63. The minimum Gasteiger partial charge on any atom is -0.503 e. The molecule has 0 spiro atoms. The van der Waals surface area contributed by atoms with Gasteiger partial charge in [0.25, 0.3) is 5.56 Å². The van der Waals surface area contributed by atoms with Gasteiger partial charge in [0.2, 0.25) is 0 Å². The molecule has 4 rings (SSSR count). The molecule has 1 aliphatic rings. The Morgan fingerprint density at radius 1 is 1.38 bits per heavy atom. The van der Waals surface area contributed by atoms with Crippen LogP contribution in [0.2, 0.25) is 5.02 Å². The Balaban J connectivity index is 1.88. The molecule has 1 aromatic carbocycles. The fraction of sp³-hybridized carbons (Fsp3) is 0.263. The van der Waals surface area contributed by atoms with Crippen LogP contribution in [0.25, 0.3) is 21.9 Å². The van der Waals surface area contributed by atoms with Crippen LogP contribution in [-0.4, -0.2) is 21.8 Å². The Bertz CT molecular complexity index is 1140. The van der Waals surface area contributed by atoms with Crippen LogP contribution in [0.5, 0.6) is 11.5 Å². The summed E-state index contributed by atoms with van der Waals surface area (Å²) in [4.78, 5) is 19.5. The van der Waals surface area contributed by atoms with Gasteiger partial charge in [-0.2, -0.15) is 0 Å². The lowest BCUT2D eigenvalue weighted by atomic mass is 10.1. The highest BCUT2D eigenvalue weighted by Crippen LogP contribution is 2.37. The second-order valence-electron chi connectivity index (χ2n) is 6.33. The van der Waals surface area contributed by atoms with E-state index in [0.29, 0.717) is 18.1 Å². The van der Waals surface area contributed by atoms with Crippen molar-refractivity contribution in [3.05, 3.63) is 49.3 Å². The molecule has 3 heterocycles. The number of nitrogens with zero attached hydrogens (tertiary/aromatic N) is 2. The van der Waals surface area contributed by atoms with Gasteiger partial charge in [-0.1, -0.05) is 11.6 Å². The third-order valence-electron chi connectivity index (χ3n) is 4.79. The summed E-state index contributed by atoms with van der Waals surface area (Å²) in [6.07, 6.45) is 2.66. The van der Waals surface area contributed by atoms with Crippen molar-refractivity contribution in [2.24, 2.45) is 0 Å². The first-order chi connectivity index (χ1) is 12.4. The maximum atomic E-state index is 12.9. The Kier molecular flexibility index (Phi) is 4.04. The van der Waals surface area contributed by atoms with Crippen LogP contribution in [-0.2, 0) is 6.54 Å². The average Bonchev–Trinajstić information content (AvgIpc) is 3.13. The molecule has 0 atom stereocenters. The zero-order valence-electron chi connectivity index (χ0n) is 14.6. The van der Waals surface area contributed by atoms with Crippen molar-refractivity contribution in [3.8, 4) is 11.5 Å². The number of halogens is 1. The second-order valence-corrected chi connectivity index (χ2v) is 7.94. The maximum Gasteiger partial charge on any atom is 0.262 e. The summed E-state index contributed by atoms with van der Waals surface area (Å²) in [5.74, 6) is 0.934. The van der Waals surface area contributed by atoms with Crippen LogP contribution >= 0.6 is 22.9 Å². The third-order valence-corrected chi connectivity index (χ3v) is 6.18. The Hall–Kier alpha value is -2.31. The van der Waals surface area contributed by atoms with Crippen molar-refractivity contribution in [3.63, 3.8) is 0 Å². The molecule has 134 valence electrons. The van der Waals surface area contributed by atoms with Gasteiger partial charge in [0.15, 0.2) is 11.5 Å². The number of aromatic hydroxyl groups is 1. The van der Waals surface area contributed by atoms with Gasteiger partial charge in [-0.05, 0) is 55.2 Å². The molecule has 2 aromatic heterocycles. The zero-order valence-corrected chi connectivity index (χ0v) is 16.2. The predicted molar refractivity (Wildman–Crippen MR) is 106 cm³/mol. The molecule has 0 bridgehead atoms. The number of rotatable bonds is 2. The molecule has 1 N–H and O–H groups in total. The number of hydrogen-bond acceptors (Lipinski definition) is 5. The van der Waals surface area contributed by atoms with Gasteiger partial charge >= 0.3 is 0 Å². The molecule has 0 aliphatic carbocycles. The van der Waals surface area contributed by atoms with E-state index in [2.05, 4.69) is 0 Å². The SMILES string of the molecule is COc1cc(/C=C2\CCn3c2nc2sc(C)c(C)c2c3=O)cc(Cl)c1O. The van der Waals surface area contributed by atoms with E-state index in [4.69, 9.17) is 21.3 Å². The number of phenols is 1. The van der Waals surface area contributed by atoms with Gasteiger partial charge in [-0.3, -0.25) is 9.36 Å². The van der Waals surface area contributed by atoms with Crippen molar-refractivity contribution in [2.45, 2.75) is 26.8 Å². The molecule has 0 saturated heterocycles. The Labute approximate surface area is 159 Å². The first-order valence-corrected chi connectivity index (χ1v) is 9.38. The first kappa shape index (κ1) is 17.1. The molecule has 26 heavy (non-hydrogen) atoms. The van der Waals surface area contributed by atoms with E-state index in [1.165, 1.54) is 7.11 Å². The highest BCUT2D eigenvalue weighted by Gasteiger charge is 2.23. The smallest absolute Gasteiger partial charge is 0.262 e. The van der Waals surface area contributed by atoms with Crippen LogP contribution in [0.15, 0.2) is 16.9 Å². The molecule has 0 radical (unpaired) electrons. The lowest BCUT2D eigenvalue weighted by molar-refractivity contribution is 0.373. The molecular formula is C19H17ClN2O3S. The lowest BCUT2D eigenvalue weighted by Crippen LogP contribution is -2.20. The summed E-state index contributed by atoms with van der Waals surface area (Å²) in [7, 11) is 1.48. The van der Waals surface area contributed by atoms with E-state index >= 15 is 0 Å². The number of aromatic nitrogens is 2. The number of aryl methyl sites for hydroxylation is 2. The number of benzene rings is 1. The quantitative estimate of drug-likeness (QED) is 0.707.